The van der Waals surface area contributed by atoms with E-state index in [1.54, 1.807) is 49.4 Å². The number of amides is 2. The Kier molecular flexibility index (Phi) is 8.58. The van der Waals surface area contributed by atoms with Crippen LogP contribution in [0.3, 0.4) is 0 Å². The fourth-order valence-corrected chi connectivity index (χ4v) is 4.38. The smallest absolute Gasteiger partial charge is 0.257 e. The molecule has 1 aliphatic rings. The summed E-state index contributed by atoms with van der Waals surface area (Å²) < 4.78 is 11.8. The highest BCUT2D eigenvalue weighted by Crippen LogP contribution is 2.27. The van der Waals surface area contributed by atoms with Gasteiger partial charge in [-0.25, -0.2) is 0 Å². The van der Waals surface area contributed by atoms with Crippen LogP contribution in [0.15, 0.2) is 72.8 Å². The minimum absolute atomic E-state index is 0.0708. The lowest BCUT2D eigenvalue weighted by Crippen LogP contribution is -2.44. The number of nitrogens with one attached hydrogen (secondary N) is 2. The first-order valence-electron chi connectivity index (χ1n) is 12.6. The van der Waals surface area contributed by atoms with Crippen LogP contribution in [0.5, 0.6) is 5.75 Å². The van der Waals surface area contributed by atoms with E-state index < -0.39 is 0 Å². The summed E-state index contributed by atoms with van der Waals surface area (Å²) in [5.74, 6) is 0.272. The minimum atomic E-state index is -0.233. The summed E-state index contributed by atoms with van der Waals surface area (Å²) in [6, 6.07) is 22.7. The number of carbonyl (C=O) groups is 2. The number of carbonyl (C=O) groups excluding carboxylic acids is 2. The normalized spacial score (nSPS) is 20.7. The van der Waals surface area contributed by atoms with E-state index in [-0.39, 0.29) is 29.9 Å². The van der Waals surface area contributed by atoms with E-state index in [4.69, 9.17) is 9.47 Å². The van der Waals surface area contributed by atoms with Crippen LogP contribution in [-0.2, 0) is 4.74 Å². The molecule has 0 aromatic heterocycles. The Balaban J connectivity index is 1.53. The second kappa shape index (κ2) is 12.0. The first kappa shape index (κ1) is 26.4. The monoisotopic (exact) mass is 501 g/mol. The van der Waals surface area contributed by atoms with E-state index in [0.29, 0.717) is 35.7 Å². The lowest BCUT2D eigenvalue weighted by Gasteiger charge is -2.30. The number of anilines is 1. The van der Waals surface area contributed by atoms with Gasteiger partial charge in [-0.15, -0.1) is 0 Å². The van der Waals surface area contributed by atoms with Crippen LogP contribution in [0.1, 0.15) is 34.6 Å². The molecule has 2 N–H and O–H groups in total. The van der Waals surface area contributed by atoms with Crippen LogP contribution in [0.25, 0.3) is 11.1 Å². The Bertz CT molecular complexity index is 1210. The SMILES string of the molecule is CO[C@H]1CN(C)C(=O)c2ccc(NC(=O)c3ccc(-c4ccccc4)cc3)cc2OC[C@@H](C)NC[C@H]1C. The summed E-state index contributed by atoms with van der Waals surface area (Å²) in [5.41, 5.74) is 3.68. The summed E-state index contributed by atoms with van der Waals surface area (Å²) in [6.07, 6.45) is -0.0933. The molecule has 0 fully saturated rings. The fraction of sp³-hybridized carbons (Fsp3) is 0.333. The molecule has 7 nitrogen and oxygen atoms in total. The predicted octanol–water partition coefficient (Wildman–Crippen LogP) is 4.70. The van der Waals surface area contributed by atoms with Gasteiger partial charge in [-0.2, -0.15) is 0 Å². The van der Waals surface area contributed by atoms with Crippen molar-refractivity contribution in [3.8, 4) is 16.9 Å². The molecule has 0 radical (unpaired) electrons. The summed E-state index contributed by atoms with van der Waals surface area (Å²) in [4.78, 5) is 27.9. The average Bonchev–Trinajstić information content (AvgIpc) is 2.93. The molecule has 194 valence electrons. The largest absolute Gasteiger partial charge is 0.491 e. The Morgan fingerprint density at radius 2 is 1.73 bits per heavy atom. The number of likely N-dealkylation sites (N-methyl/N-ethyl adjacent to an activating group) is 1. The van der Waals surface area contributed by atoms with Gasteiger partial charge in [0.05, 0.1) is 11.7 Å². The zero-order chi connectivity index (χ0) is 26.4. The Morgan fingerprint density at radius 1 is 1.03 bits per heavy atom. The third-order valence-corrected chi connectivity index (χ3v) is 6.74. The highest BCUT2D eigenvalue weighted by Gasteiger charge is 2.25. The van der Waals surface area contributed by atoms with Crippen LogP contribution in [0.2, 0.25) is 0 Å². The van der Waals surface area contributed by atoms with Crippen molar-refractivity contribution < 1.29 is 19.1 Å². The standard InChI is InChI=1S/C30H35N3O4/c1-20-17-31-21(2)19-37-27-16-25(14-15-26(27)30(35)33(3)18-28(20)36-4)32-29(34)24-12-10-23(11-13-24)22-8-6-5-7-9-22/h5-16,20-21,28,31H,17-19H2,1-4H3,(H,32,34)/t20-,21-,28+/m1/s1. The lowest BCUT2D eigenvalue weighted by molar-refractivity contribution is 0.0281. The minimum Gasteiger partial charge on any atom is -0.491 e. The predicted molar refractivity (Wildman–Crippen MR) is 146 cm³/mol. The molecule has 0 saturated heterocycles. The van der Waals surface area contributed by atoms with Crippen molar-refractivity contribution in [3.63, 3.8) is 0 Å². The zero-order valence-corrected chi connectivity index (χ0v) is 21.9. The number of benzene rings is 3. The molecule has 3 aromatic carbocycles. The van der Waals surface area contributed by atoms with Gasteiger partial charge in [0.1, 0.15) is 12.4 Å². The van der Waals surface area contributed by atoms with Crippen molar-refractivity contribution in [3.05, 3.63) is 83.9 Å². The van der Waals surface area contributed by atoms with Crippen molar-refractivity contribution in [2.75, 3.05) is 39.2 Å². The van der Waals surface area contributed by atoms with E-state index in [2.05, 4.69) is 17.6 Å². The summed E-state index contributed by atoms with van der Waals surface area (Å²) in [7, 11) is 3.44. The van der Waals surface area contributed by atoms with Crippen molar-refractivity contribution in [2.45, 2.75) is 26.0 Å². The first-order valence-corrected chi connectivity index (χ1v) is 12.6. The summed E-state index contributed by atoms with van der Waals surface area (Å²) in [6.45, 7) is 5.74. The van der Waals surface area contributed by atoms with Gasteiger partial charge >= 0.3 is 0 Å². The van der Waals surface area contributed by atoms with Gasteiger partial charge in [-0.3, -0.25) is 9.59 Å². The van der Waals surface area contributed by atoms with Gasteiger partial charge in [-0.05, 0) is 48.2 Å². The van der Waals surface area contributed by atoms with E-state index in [9.17, 15) is 9.59 Å². The molecular formula is C30H35N3O4. The molecular weight excluding hydrogens is 466 g/mol. The van der Waals surface area contributed by atoms with Gasteiger partial charge < -0.3 is 25.0 Å². The van der Waals surface area contributed by atoms with E-state index in [0.717, 1.165) is 17.7 Å². The summed E-state index contributed by atoms with van der Waals surface area (Å²) in [5, 5.41) is 6.41. The number of hydrogen-bond donors (Lipinski definition) is 2. The molecule has 7 heteroatoms. The van der Waals surface area contributed by atoms with E-state index >= 15 is 0 Å². The Morgan fingerprint density at radius 3 is 2.43 bits per heavy atom. The third kappa shape index (κ3) is 6.56. The Labute approximate surface area is 218 Å². The zero-order valence-electron chi connectivity index (χ0n) is 21.9. The number of nitrogens with zero attached hydrogens (tertiary/aromatic N) is 1. The molecule has 0 aliphatic carbocycles. The molecule has 4 rings (SSSR count). The first-order chi connectivity index (χ1) is 17.9. The third-order valence-electron chi connectivity index (χ3n) is 6.74. The number of ether oxygens (including phenoxy) is 2. The van der Waals surface area contributed by atoms with Gasteiger partial charge in [0, 0.05) is 50.6 Å². The van der Waals surface area contributed by atoms with Crippen LogP contribution < -0.4 is 15.4 Å². The molecule has 3 atom stereocenters. The number of hydrogen-bond acceptors (Lipinski definition) is 5. The fourth-order valence-electron chi connectivity index (χ4n) is 4.38. The van der Waals surface area contributed by atoms with Gasteiger partial charge in [0.25, 0.3) is 11.8 Å². The number of rotatable bonds is 4. The summed E-state index contributed by atoms with van der Waals surface area (Å²) >= 11 is 0. The molecule has 37 heavy (non-hydrogen) atoms. The number of methoxy groups -OCH3 is 1. The maximum atomic E-state index is 13.3. The van der Waals surface area contributed by atoms with Crippen molar-refractivity contribution in [1.29, 1.82) is 0 Å². The van der Waals surface area contributed by atoms with Crippen molar-refractivity contribution in [2.24, 2.45) is 5.92 Å². The highest BCUT2D eigenvalue weighted by atomic mass is 16.5. The van der Waals surface area contributed by atoms with Crippen LogP contribution >= 0.6 is 0 Å². The average molecular weight is 502 g/mol. The molecule has 0 unspecified atom stereocenters. The van der Waals surface area contributed by atoms with E-state index in [1.165, 1.54) is 0 Å². The quantitative estimate of drug-likeness (QED) is 0.542. The maximum absolute atomic E-state index is 13.3. The number of fused-ring (bicyclic) bond motifs is 1. The second-order valence-electron chi connectivity index (χ2n) is 9.67. The van der Waals surface area contributed by atoms with Gasteiger partial charge in [-0.1, -0.05) is 49.4 Å². The molecule has 2 amide bonds. The van der Waals surface area contributed by atoms with Crippen LogP contribution in [-0.4, -0.2) is 62.7 Å². The topological polar surface area (TPSA) is 79.9 Å². The Hall–Kier alpha value is -3.68. The molecule has 0 bridgehead atoms. The van der Waals surface area contributed by atoms with Crippen LogP contribution in [0, 0.1) is 5.92 Å². The van der Waals surface area contributed by atoms with Crippen LogP contribution in [0.4, 0.5) is 5.69 Å². The highest BCUT2D eigenvalue weighted by molar-refractivity contribution is 6.05. The van der Waals surface area contributed by atoms with Gasteiger partial charge in [0.2, 0.25) is 0 Å². The maximum Gasteiger partial charge on any atom is 0.257 e. The van der Waals surface area contributed by atoms with Crippen molar-refractivity contribution >= 4 is 17.5 Å². The van der Waals surface area contributed by atoms with Gasteiger partial charge in [0.15, 0.2) is 0 Å². The molecule has 0 saturated carbocycles. The molecule has 1 heterocycles. The lowest BCUT2D eigenvalue weighted by atomic mass is 10.0. The molecule has 0 spiro atoms. The molecule has 1 aliphatic heterocycles. The van der Waals surface area contributed by atoms with E-state index in [1.807, 2.05) is 49.4 Å². The molecule has 3 aromatic rings. The van der Waals surface area contributed by atoms with Crippen molar-refractivity contribution in [1.82, 2.24) is 10.2 Å². The second-order valence-corrected chi connectivity index (χ2v) is 9.67.